The number of carbonyl (C=O) groups excluding carboxylic acids is 4. The zero-order valence-corrected chi connectivity index (χ0v) is 56.7. The number of phosphoric ester groups is 2. The van der Waals surface area contributed by atoms with E-state index in [4.69, 9.17) is 37.0 Å². The number of phosphoric acid groups is 2. The molecule has 0 heterocycles. The average molecular weight is 1270 g/mol. The Hall–Kier alpha value is -2.46. The molecule has 0 aliphatic carbocycles. The summed E-state index contributed by atoms with van der Waals surface area (Å²) in [6.45, 7) is 7.07. The monoisotopic (exact) mass is 1260 g/mol. The van der Waals surface area contributed by atoms with E-state index in [1.165, 1.54) is 116 Å². The minimum Gasteiger partial charge on any atom is -0.462 e. The van der Waals surface area contributed by atoms with Crippen LogP contribution >= 0.6 is 15.6 Å². The highest BCUT2D eigenvalue weighted by Gasteiger charge is 2.30. The second-order valence-corrected chi connectivity index (χ2v) is 26.9. The maximum atomic E-state index is 13.0. The second kappa shape index (κ2) is 60.1. The molecule has 0 aliphatic heterocycles. The molecule has 2 unspecified atom stereocenters. The normalized spacial score (nSPS) is 14.3. The largest absolute Gasteiger partial charge is 0.472 e. The van der Waals surface area contributed by atoms with Crippen molar-refractivity contribution < 1.29 is 80.2 Å². The lowest BCUT2D eigenvalue weighted by Crippen LogP contribution is -2.30. The van der Waals surface area contributed by atoms with Crippen molar-refractivity contribution in [2.45, 2.75) is 335 Å². The van der Waals surface area contributed by atoms with Crippen molar-refractivity contribution in [2.75, 3.05) is 39.6 Å². The van der Waals surface area contributed by atoms with Crippen molar-refractivity contribution in [3.8, 4) is 0 Å². The first kappa shape index (κ1) is 83.5. The minimum atomic E-state index is -4.95. The lowest BCUT2D eigenvalue weighted by Gasteiger charge is -2.21. The Kier molecular flexibility index (Phi) is 58.4. The van der Waals surface area contributed by atoms with E-state index in [9.17, 15) is 43.2 Å². The Morgan fingerprint density at radius 2 is 0.628 bits per heavy atom. The third-order valence-corrected chi connectivity index (χ3v) is 16.8. The standard InChI is InChI=1S/C67H126O17P2/c1-6-9-12-15-17-19-21-22-23-26-29-33-36-41-46-51-65(70)78-57-63(84-67(72)53-48-43-38-34-30-27-24-25-28-31-35-40-44-49-60(4)5)59-82-86(75,76)80-55-61(68)54-79-85(73,74)81-58-62(56-77-64(69)50-45-39-14-11-8-3)83-66(71)52-47-42-37-32-20-18-16-13-10-7-2/h19,21-23,60-63,68H,6-18,20,24-59H2,1-5H3,(H,73,74)(H,75,76)/b21-19-,23-22-/t61-,62+,63+/m0/s1. The molecule has 86 heavy (non-hydrogen) atoms. The molecule has 0 amide bonds. The van der Waals surface area contributed by atoms with Crippen molar-refractivity contribution >= 4 is 39.5 Å². The van der Waals surface area contributed by atoms with Gasteiger partial charge in [0.15, 0.2) is 12.2 Å². The van der Waals surface area contributed by atoms with Crippen molar-refractivity contribution in [1.82, 2.24) is 0 Å². The molecule has 0 spiro atoms. The number of aliphatic hydroxyl groups is 1. The smallest absolute Gasteiger partial charge is 0.462 e. The number of unbranched alkanes of at least 4 members (excludes halogenated alkanes) is 34. The van der Waals surface area contributed by atoms with E-state index in [0.717, 1.165) is 121 Å². The molecule has 0 saturated heterocycles. The van der Waals surface area contributed by atoms with Crippen LogP contribution in [-0.2, 0) is 65.4 Å². The third-order valence-electron chi connectivity index (χ3n) is 14.9. The minimum absolute atomic E-state index is 0.100. The number of rotatable bonds is 65. The number of esters is 4. The van der Waals surface area contributed by atoms with Crippen molar-refractivity contribution in [1.29, 1.82) is 0 Å². The van der Waals surface area contributed by atoms with E-state index in [1.807, 2.05) is 0 Å². The van der Waals surface area contributed by atoms with Gasteiger partial charge in [-0.15, -0.1) is 0 Å². The summed E-state index contributed by atoms with van der Waals surface area (Å²) in [6.07, 6.45) is 48.4. The van der Waals surface area contributed by atoms with Crippen LogP contribution in [0.25, 0.3) is 0 Å². The Morgan fingerprint density at radius 1 is 0.360 bits per heavy atom. The summed E-state index contributed by atoms with van der Waals surface area (Å²) in [4.78, 5) is 72.1. The van der Waals surface area contributed by atoms with Crippen LogP contribution in [0.3, 0.4) is 0 Å². The van der Waals surface area contributed by atoms with Gasteiger partial charge >= 0.3 is 39.5 Å². The van der Waals surface area contributed by atoms with Crippen LogP contribution in [0.1, 0.15) is 317 Å². The van der Waals surface area contributed by atoms with Gasteiger partial charge in [0.2, 0.25) is 0 Å². The summed E-state index contributed by atoms with van der Waals surface area (Å²) in [5.74, 6) is -1.39. The molecule has 0 fully saturated rings. The van der Waals surface area contributed by atoms with Gasteiger partial charge in [-0.25, -0.2) is 9.13 Å². The average Bonchev–Trinajstić information content (AvgIpc) is 3.55. The summed E-state index contributed by atoms with van der Waals surface area (Å²) in [5.41, 5.74) is 0. The molecule has 3 N–H and O–H groups in total. The van der Waals surface area contributed by atoms with E-state index in [-0.39, 0.29) is 25.7 Å². The zero-order chi connectivity index (χ0) is 63.5. The van der Waals surface area contributed by atoms with Crippen LogP contribution in [-0.4, -0.2) is 96.7 Å². The molecule has 19 heteroatoms. The van der Waals surface area contributed by atoms with Crippen molar-refractivity contribution in [3.63, 3.8) is 0 Å². The van der Waals surface area contributed by atoms with Crippen molar-refractivity contribution in [2.24, 2.45) is 5.92 Å². The van der Waals surface area contributed by atoms with Crippen LogP contribution in [0.2, 0.25) is 0 Å². The first-order valence-electron chi connectivity index (χ1n) is 34.5. The fraction of sp³-hybridized carbons (Fsp3) is 0.881. The van der Waals surface area contributed by atoms with Gasteiger partial charge in [0.25, 0.3) is 0 Å². The highest BCUT2D eigenvalue weighted by Crippen LogP contribution is 2.45. The van der Waals surface area contributed by atoms with Crippen molar-refractivity contribution in [3.05, 3.63) is 24.3 Å². The molecule has 0 rings (SSSR count). The van der Waals surface area contributed by atoms with Crippen LogP contribution in [0, 0.1) is 5.92 Å². The lowest BCUT2D eigenvalue weighted by molar-refractivity contribution is -0.161. The van der Waals surface area contributed by atoms with E-state index < -0.39 is 97.5 Å². The first-order chi connectivity index (χ1) is 41.5. The Balaban J connectivity index is 5.20. The Bertz CT molecular complexity index is 1760. The van der Waals surface area contributed by atoms with Gasteiger partial charge in [-0.3, -0.25) is 37.3 Å². The Morgan fingerprint density at radius 3 is 0.953 bits per heavy atom. The first-order valence-corrected chi connectivity index (χ1v) is 37.4. The fourth-order valence-electron chi connectivity index (χ4n) is 9.57. The number of aliphatic hydroxyl groups excluding tert-OH is 1. The number of ether oxygens (including phenoxy) is 4. The summed E-state index contributed by atoms with van der Waals surface area (Å²) in [7, 11) is -9.89. The SMILES string of the molecule is CCCCCC/C=C\C=C/CCCCCCCC(=O)OC[C@H](COP(=O)(O)OC[C@@H](O)COP(=O)(O)OC[C@@H](COC(=O)CCCCCCC)OC(=O)CCCCCCCCCCCC)OC(=O)CCCCCCCCCCCCCCCC(C)C. The molecule has 0 radical (unpaired) electrons. The highest BCUT2D eigenvalue weighted by atomic mass is 31.2. The molecule has 0 aromatic rings. The Labute approximate surface area is 522 Å². The van der Waals surface area contributed by atoms with Gasteiger partial charge < -0.3 is 33.8 Å². The quantitative estimate of drug-likeness (QED) is 0.0169. The van der Waals surface area contributed by atoms with E-state index >= 15 is 0 Å². The van der Waals surface area contributed by atoms with Gasteiger partial charge in [0.05, 0.1) is 26.4 Å². The summed E-state index contributed by atoms with van der Waals surface area (Å²) in [5, 5.41) is 10.5. The van der Waals surface area contributed by atoms with Crippen LogP contribution in [0.5, 0.6) is 0 Å². The summed E-state index contributed by atoms with van der Waals surface area (Å²) >= 11 is 0. The summed E-state index contributed by atoms with van der Waals surface area (Å²) in [6, 6.07) is 0. The number of carbonyl (C=O) groups is 4. The van der Waals surface area contributed by atoms with Crippen LogP contribution in [0.15, 0.2) is 24.3 Å². The third kappa shape index (κ3) is 60.5. The van der Waals surface area contributed by atoms with E-state index in [0.29, 0.717) is 25.7 Å². The molecule has 17 nitrogen and oxygen atoms in total. The highest BCUT2D eigenvalue weighted by molar-refractivity contribution is 7.47. The molecule has 506 valence electrons. The lowest BCUT2D eigenvalue weighted by atomic mass is 10.0. The number of hydrogen-bond donors (Lipinski definition) is 3. The maximum Gasteiger partial charge on any atom is 0.472 e. The van der Waals surface area contributed by atoms with E-state index in [1.54, 1.807) is 0 Å². The van der Waals surface area contributed by atoms with Crippen LogP contribution in [0.4, 0.5) is 0 Å². The number of hydrogen-bond acceptors (Lipinski definition) is 15. The maximum absolute atomic E-state index is 13.0. The molecule has 5 atom stereocenters. The van der Waals surface area contributed by atoms with E-state index in [2.05, 4.69) is 58.9 Å². The van der Waals surface area contributed by atoms with Gasteiger partial charge in [0.1, 0.15) is 19.3 Å². The molecular weight excluding hydrogens is 1140 g/mol. The molecule has 0 aromatic carbocycles. The van der Waals surface area contributed by atoms with Crippen LogP contribution < -0.4 is 0 Å². The molecular formula is C67H126O17P2. The number of allylic oxidation sites excluding steroid dienone is 4. The summed E-state index contributed by atoms with van der Waals surface area (Å²) < 4.78 is 67.9. The van der Waals surface area contributed by atoms with Gasteiger partial charge in [-0.05, 0) is 57.3 Å². The van der Waals surface area contributed by atoms with Gasteiger partial charge in [-0.2, -0.15) is 0 Å². The van der Waals surface area contributed by atoms with Gasteiger partial charge in [-0.1, -0.05) is 264 Å². The molecule has 0 aliphatic rings. The second-order valence-electron chi connectivity index (χ2n) is 24.0. The topological polar surface area (TPSA) is 237 Å². The predicted molar refractivity (Wildman–Crippen MR) is 344 cm³/mol. The molecule has 0 bridgehead atoms. The van der Waals surface area contributed by atoms with Gasteiger partial charge in [0, 0.05) is 25.7 Å². The predicted octanol–water partition coefficient (Wildman–Crippen LogP) is 18.5. The molecule has 0 saturated carbocycles. The fourth-order valence-corrected chi connectivity index (χ4v) is 11.2. The molecule has 0 aromatic heterocycles. The zero-order valence-electron chi connectivity index (χ0n) is 54.9.